The molecule has 2 aromatic carbocycles. The highest BCUT2D eigenvalue weighted by Crippen LogP contribution is 2.28. The Morgan fingerprint density at radius 2 is 1.52 bits per heavy atom. The van der Waals surface area contributed by atoms with Crippen molar-refractivity contribution in [1.29, 1.82) is 0 Å². The Morgan fingerprint density at radius 1 is 0.952 bits per heavy atom. The van der Waals surface area contributed by atoms with Crippen molar-refractivity contribution >= 4 is 17.2 Å². The first-order valence-electron chi connectivity index (χ1n) is 6.40. The fourth-order valence-corrected chi connectivity index (χ4v) is 2.01. The number of para-hydroxylation sites is 2. The summed E-state index contributed by atoms with van der Waals surface area (Å²) in [5, 5.41) is 0. The summed E-state index contributed by atoms with van der Waals surface area (Å²) in [5.41, 5.74) is 1.50. The van der Waals surface area contributed by atoms with Gasteiger partial charge in [0.25, 0.3) is 0 Å². The average Bonchev–Trinajstić information content (AvgIpc) is 2.44. The number of aliphatic imine (C=N–C) groups is 1. The molecule has 21 heavy (non-hydrogen) atoms. The van der Waals surface area contributed by atoms with Crippen LogP contribution in [0.25, 0.3) is 0 Å². The van der Waals surface area contributed by atoms with Crippen LogP contribution in [0.3, 0.4) is 0 Å². The zero-order chi connectivity index (χ0) is 15.5. The summed E-state index contributed by atoms with van der Waals surface area (Å²) in [4.78, 5) is 4.84. The van der Waals surface area contributed by atoms with E-state index < -0.39 is 12.0 Å². The van der Waals surface area contributed by atoms with E-state index in [1.54, 1.807) is 49.4 Å². The summed E-state index contributed by atoms with van der Waals surface area (Å²) in [6.45, 7) is 1.77. The third-order valence-corrected chi connectivity index (χ3v) is 3.04. The molecule has 0 saturated carbocycles. The van der Waals surface area contributed by atoms with Gasteiger partial charge in [-0.3, -0.25) is 0 Å². The van der Waals surface area contributed by atoms with Crippen LogP contribution in [0.4, 0.5) is 24.5 Å². The topological polar surface area (TPSA) is 15.6 Å². The minimum Gasteiger partial charge on any atom is -0.325 e. The number of hydrogen-bond donors (Lipinski definition) is 0. The molecule has 5 heteroatoms. The number of anilines is 1. The van der Waals surface area contributed by atoms with Gasteiger partial charge in [0.2, 0.25) is 5.84 Å². The number of nitrogens with zero attached hydrogens (tertiary/aromatic N) is 2. The Kier molecular flexibility index (Phi) is 4.31. The molecule has 0 fully saturated rings. The van der Waals surface area contributed by atoms with E-state index in [4.69, 9.17) is 0 Å². The minimum atomic E-state index is -4.53. The highest BCUT2D eigenvalue weighted by molar-refractivity contribution is 6.03. The van der Waals surface area contributed by atoms with Crippen LogP contribution in [-0.2, 0) is 0 Å². The Morgan fingerprint density at radius 3 is 2.10 bits per heavy atom. The Hall–Kier alpha value is -2.30. The van der Waals surface area contributed by atoms with Crippen LogP contribution in [0.1, 0.15) is 5.56 Å². The zero-order valence-corrected chi connectivity index (χ0v) is 11.7. The van der Waals surface area contributed by atoms with Crippen LogP contribution in [0.5, 0.6) is 0 Å². The second-order valence-corrected chi connectivity index (χ2v) is 4.61. The third-order valence-electron chi connectivity index (χ3n) is 3.04. The number of hydrogen-bond acceptors (Lipinski definition) is 1. The maximum absolute atomic E-state index is 13.3. The monoisotopic (exact) mass is 292 g/mol. The molecule has 0 aliphatic rings. The van der Waals surface area contributed by atoms with Crippen molar-refractivity contribution in [2.24, 2.45) is 4.99 Å². The fraction of sp³-hybridized carbons (Fsp3) is 0.188. The van der Waals surface area contributed by atoms with Gasteiger partial charge >= 0.3 is 6.18 Å². The van der Waals surface area contributed by atoms with E-state index in [2.05, 4.69) is 4.99 Å². The molecule has 0 radical (unpaired) electrons. The van der Waals surface area contributed by atoms with E-state index >= 15 is 0 Å². The van der Waals surface area contributed by atoms with Gasteiger partial charge in [-0.2, -0.15) is 13.2 Å². The molecule has 0 aliphatic carbocycles. The van der Waals surface area contributed by atoms with Gasteiger partial charge in [-0.15, -0.1) is 0 Å². The summed E-state index contributed by atoms with van der Waals surface area (Å²) in [7, 11) is 1.37. The Balaban J connectivity index is 2.47. The number of rotatable bonds is 2. The lowest BCUT2D eigenvalue weighted by molar-refractivity contribution is -0.0599. The number of amidine groups is 1. The van der Waals surface area contributed by atoms with Crippen LogP contribution in [-0.4, -0.2) is 19.1 Å². The Bertz CT molecular complexity index is 633. The molecule has 0 bridgehead atoms. The van der Waals surface area contributed by atoms with Gasteiger partial charge in [-0.25, -0.2) is 4.99 Å². The van der Waals surface area contributed by atoms with Crippen molar-refractivity contribution in [1.82, 2.24) is 0 Å². The molecule has 0 spiro atoms. The summed E-state index contributed by atoms with van der Waals surface area (Å²) >= 11 is 0. The van der Waals surface area contributed by atoms with Crippen LogP contribution >= 0.6 is 0 Å². The molecule has 2 aromatic rings. The number of halogens is 3. The van der Waals surface area contributed by atoms with E-state index in [9.17, 15) is 13.2 Å². The molecule has 0 amide bonds. The van der Waals surface area contributed by atoms with Crippen LogP contribution in [0.15, 0.2) is 59.6 Å². The third kappa shape index (κ3) is 3.62. The summed E-state index contributed by atoms with van der Waals surface area (Å²) in [6, 6.07) is 15.0. The standard InChI is InChI=1S/C16H15F3N2/c1-12-8-6-7-11-14(12)21(2)15(16(17,18)19)20-13-9-4-3-5-10-13/h3-11H,1-2H3. The van der Waals surface area contributed by atoms with Crippen molar-refractivity contribution in [3.05, 3.63) is 60.2 Å². The van der Waals surface area contributed by atoms with E-state index in [0.717, 1.165) is 10.5 Å². The molecule has 2 nitrogen and oxygen atoms in total. The van der Waals surface area contributed by atoms with Gasteiger partial charge in [0.1, 0.15) is 0 Å². The highest BCUT2D eigenvalue weighted by atomic mass is 19.4. The van der Waals surface area contributed by atoms with Gasteiger partial charge in [-0.1, -0.05) is 36.4 Å². The second kappa shape index (κ2) is 5.99. The van der Waals surface area contributed by atoms with Crippen molar-refractivity contribution in [3.8, 4) is 0 Å². The number of benzene rings is 2. The van der Waals surface area contributed by atoms with Crippen molar-refractivity contribution in [2.45, 2.75) is 13.1 Å². The summed E-state index contributed by atoms with van der Waals surface area (Å²) < 4.78 is 39.9. The summed E-state index contributed by atoms with van der Waals surface area (Å²) in [6.07, 6.45) is -4.53. The van der Waals surface area contributed by atoms with Gasteiger partial charge in [0.05, 0.1) is 5.69 Å². The minimum absolute atomic E-state index is 0.269. The number of alkyl halides is 3. The van der Waals surface area contributed by atoms with Crippen LogP contribution in [0, 0.1) is 6.92 Å². The first-order chi connectivity index (χ1) is 9.89. The van der Waals surface area contributed by atoms with E-state index in [1.165, 1.54) is 19.2 Å². The molecule has 110 valence electrons. The molecule has 0 aliphatic heterocycles. The van der Waals surface area contributed by atoms with E-state index in [-0.39, 0.29) is 5.69 Å². The molecule has 0 saturated heterocycles. The molecule has 0 atom stereocenters. The predicted octanol–water partition coefficient (Wildman–Crippen LogP) is 4.72. The molecule has 0 heterocycles. The molecular weight excluding hydrogens is 277 g/mol. The molecule has 2 rings (SSSR count). The first kappa shape index (κ1) is 15.1. The molecule has 0 unspecified atom stereocenters. The van der Waals surface area contributed by atoms with Crippen molar-refractivity contribution < 1.29 is 13.2 Å². The van der Waals surface area contributed by atoms with Crippen LogP contribution < -0.4 is 4.90 Å². The van der Waals surface area contributed by atoms with Gasteiger partial charge in [0.15, 0.2) is 0 Å². The predicted molar refractivity (Wildman–Crippen MR) is 79.2 cm³/mol. The smallest absolute Gasteiger partial charge is 0.325 e. The van der Waals surface area contributed by atoms with Gasteiger partial charge in [0, 0.05) is 12.7 Å². The zero-order valence-electron chi connectivity index (χ0n) is 11.7. The highest BCUT2D eigenvalue weighted by Gasteiger charge is 2.39. The molecule has 0 aromatic heterocycles. The maximum Gasteiger partial charge on any atom is 0.449 e. The quantitative estimate of drug-likeness (QED) is 0.577. The lowest BCUT2D eigenvalue weighted by atomic mass is 10.2. The fourth-order valence-electron chi connectivity index (χ4n) is 2.01. The average molecular weight is 292 g/mol. The van der Waals surface area contributed by atoms with Crippen molar-refractivity contribution in [3.63, 3.8) is 0 Å². The Labute approximate surface area is 121 Å². The SMILES string of the molecule is Cc1ccccc1N(C)C(=Nc1ccccc1)C(F)(F)F. The maximum atomic E-state index is 13.3. The first-order valence-corrected chi connectivity index (χ1v) is 6.40. The molecule has 0 N–H and O–H groups in total. The van der Waals surface area contributed by atoms with Crippen LogP contribution in [0.2, 0.25) is 0 Å². The van der Waals surface area contributed by atoms with E-state index in [1.807, 2.05) is 0 Å². The second-order valence-electron chi connectivity index (χ2n) is 4.61. The largest absolute Gasteiger partial charge is 0.449 e. The molecular formula is C16H15F3N2. The van der Waals surface area contributed by atoms with Gasteiger partial charge < -0.3 is 4.90 Å². The van der Waals surface area contributed by atoms with E-state index in [0.29, 0.717) is 5.69 Å². The lowest BCUT2D eigenvalue weighted by Gasteiger charge is -2.24. The normalized spacial score (nSPS) is 12.3. The summed E-state index contributed by atoms with van der Waals surface area (Å²) in [5.74, 6) is -0.942. The number of aryl methyl sites for hydroxylation is 1. The van der Waals surface area contributed by atoms with Crippen molar-refractivity contribution in [2.75, 3.05) is 11.9 Å². The lowest BCUT2D eigenvalue weighted by Crippen LogP contribution is -2.39. The van der Waals surface area contributed by atoms with Gasteiger partial charge in [-0.05, 0) is 30.7 Å².